The average Bonchev–Trinajstić information content (AvgIpc) is 3.29. The van der Waals surface area contributed by atoms with Crippen molar-refractivity contribution in [3.63, 3.8) is 0 Å². The van der Waals surface area contributed by atoms with Crippen molar-refractivity contribution in [2.24, 2.45) is 5.73 Å². The van der Waals surface area contributed by atoms with E-state index >= 15 is 0 Å². The maximum absolute atomic E-state index is 11.5. The van der Waals surface area contributed by atoms with Gasteiger partial charge in [-0.3, -0.25) is 4.79 Å². The quantitative estimate of drug-likeness (QED) is 0.607. The third-order valence-electron chi connectivity index (χ3n) is 4.52. The number of primary amides is 1. The summed E-state index contributed by atoms with van der Waals surface area (Å²) in [7, 11) is 0. The summed E-state index contributed by atoms with van der Waals surface area (Å²) in [6.07, 6.45) is 3.61. The number of carbonyl (C=O) groups is 1. The van der Waals surface area contributed by atoms with E-state index in [1.165, 1.54) is 0 Å². The van der Waals surface area contributed by atoms with Crippen molar-refractivity contribution in [1.82, 2.24) is 24.8 Å². The Morgan fingerprint density at radius 1 is 1.07 bits per heavy atom. The fourth-order valence-electron chi connectivity index (χ4n) is 3.01. The molecule has 0 spiro atoms. The van der Waals surface area contributed by atoms with E-state index in [2.05, 4.69) is 15.4 Å². The van der Waals surface area contributed by atoms with Gasteiger partial charge >= 0.3 is 0 Å². The van der Waals surface area contributed by atoms with Crippen molar-refractivity contribution in [3.8, 4) is 22.6 Å². The van der Waals surface area contributed by atoms with E-state index in [1.54, 1.807) is 23.0 Å². The number of amides is 1. The number of nitrogens with zero attached hydrogens (tertiary/aromatic N) is 5. The molecule has 0 aliphatic heterocycles. The highest BCUT2D eigenvalue weighted by Crippen LogP contribution is 2.24. The van der Waals surface area contributed by atoms with Crippen LogP contribution in [0, 0.1) is 13.8 Å². The zero-order chi connectivity index (χ0) is 19.0. The molecule has 0 fully saturated rings. The minimum Gasteiger partial charge on any atom is -0.366 e. The van der Waals surface area contributed by atoms with Crippen LogP contribution in [0.1, 0.15) is 21.6 Å². The van der Waals surface area contributed by atoms with Gasteiger partial charge in [-0.2, -0.15) is 5.10 Å². The van der Waals surface area contributed by atoms with E-state index in [0.717, 1.165) is 28.2 Å². The molecule has 4 aromatic rings. The number of benzene rings is 2. The van der Waals surface area contributed by atoms with Crippen LogP contribution >= 0.6 is 0 Å². The number of aryl methyl sites for hydroxylation is 1. The molecular weight excluding hydrogens is 340 g/mol. The first-order valence-electron chi connectivity index (χ1n) is 8.48. The Kier molecular flexibility index (Phi) is 4.04. The van der Waals surface area contributed by atoms with Crippen LogP contribution in [0.3, 0.4) is 0 Å². The van der Waals surface area contributed by atoms with Gasteiger partial charge < -0.3 is 5.73 Å². The van der Waals surface area contributed by atoms with Gasteiger partial charge in [-0.25, -0.2) is 9.36 Å². The lowest BCUT2D eigenvalue weighted by Crippen LogP contribution is -2.12. The highest BCUT2D eigenvalue weighted by atomic mass is 16.1. The first-order valence-corrected chi connectivity index (χ1v) is 8.48. The Bertz CT molecular complexity index is 1130. The zero-order valence-electron chi connectivity index (χ0n) is 15.0. The molecule has 1 amide bonds. The summed E-state index contributed by atoms with van der Waals surface area (Å²) in [5.41, 5.74) is 11.1. The Morgan fingerprint density at radius 2 is 1.85 bits per heavy atom. The second kappa shape index (κ2) is 6.53. The van der Waals surface area contributed by atoms with Crippen LogP contribution in [0.2, 0.25) is 0 Å². The molecule has 0 saturated carbocycles. The SMILES string of the molecule is Cc1ccc(C(N)=O)cc1-n1cc(-c2cnn(-c3ccccc3)c2C)nn1. The summed E-state index contributed by atoms with van der Waals surface area (Å²) >= 11 is 0. The monoisotopic (exact) mass is 358 g/mol. The molecular formula is C20H18N6O. The molecule has 7 heteroatoms. The fraction of sp³-hybridized carbons (Fsp3) is 0.100. The molecule has 0 aliphatic rings. The zero-order valence-corrected chi connectivity index (χ0v) is 15.0. The van der Waals surface area contributed by atoms with Crippen molar-refractivity contribution < 1.29 is 4.79 Å². The Balaban J connectivity index is 1.73. The molecule has 4 rings (SSSR count). The lowest BCUT2D eigenvalue weighted by molar-refractivity contribution is 0.1000. The van der Waals surface area contributed by atoms with Gasteiger partial charge in [0, 0.05) is 11.1 Å². The van der Waals surface area contributed by atoms with Crippen molar-refractivity contribution in [2.45, 2.75) is 13.8 Å². The van der Waals surface area contributed by atoms with Gasteiger partial charge in [0.2, 0.25) is 5.91 Å². The van der Waals surface area contributed by atoms with E-state index in [9.17, 15) is 4.79 Å². The van der Waals surface area contributed by atoms with E-state index in [-0.39, 0.29) is 0 Å². The number of aromatic nitrogens is 5. The van der Waals surface area contributed by atoms with Crippen molar-refractivity contribution in [2.75, 3.05) is 0 Å². The molecule has 0 atom stereocenters. The Labute approximate surface area is 156 Å². The predicted molar refractivity (Wildman–Crippen MR) is 102 cm³/mol. The summed E-state index contributed by atoms with van der Waals surface area (Å²) in [5.74, 6) is -0.475. The summed E-state index contributed by atoms with van der Waals surface area (Å²) < 4.78 is 3.52. The third-order valence-corrected chi connectivity index (χ3v) is 4.52. The van der Waals surface area contributed by atoms with Gasteiger partial charge in [-0.1, -0.05) is 29.5 Å². The number of hydrogen-bond acceptors (Lipinski definition) is 4. The molecule has 7 nitrogen and oxygen atoms in total. The summed E-state index contributed by atoms with van der Waals surface area (Å²) in [4.78, 5) is 11.5. The van der Waals surface area contributed by atoms with E-state index < -0.39 is 5.91 Å². The minimum absolute atomic E-state index is 0.431. The highest BCUT2D eigenvalue weighted by Gasteiger charge is 2.15. The number of rotatable bonds is 4. The third kappa shape index (κ3) is 2.99. The van der Waals surface area contributed by atoms with Gasteiger partial charge in [0.05, 0.1) is 29.5 Å². The molecule has 2 aromatic carbocycles. The largest absolute Gasteiger partial charge is 0.366 e. The number of carbonyl (C=O) groups excluding carboxylic acids is 1. The molecule has 2 heterocycles. The molecule has 0 bridgehead atoms. The molecule has 0 radical (unpaired) electrons. The van der Waals surface area contributed by atoms with Crippen LogP contribution in [0.4, 0.5) is 0 Å². The van der Waals surface area contributed by atoms with Gasteiger partial charge in [-0.05, 0) is 43.7 Å². The van der Waals surface area contributed by atoms with Gasteiger partial charge in [-0.15, -0.1) is 5.10 Å². The minimum atomic E-state index is -0.475. The molecule has 2 aromatic heterocycles. The summed E-state index contributed by atoms with van der Waals surface area (Å²) in [6.45, 7) is 3.94. The molecule has 0 saturated heterocycles. The lowest BCUT2D eigenvalue weighted by atomic mass is 10.1. The van der Waals surface area contributed by atoms with Gasteiger partial charge in [0.25, 0.3) is 0 Å². The first-order chi connectivity index (χ1) is 13.0. The molecule has 2 N–H and O–H groups in total. The second-order valence-corrected chi connectivity index (χ2v) is 6.30. The van der Waals surface area contributed by atoms with Crippen LogP contribution < -0.4 is 5.73 Å². The maximum atomic E-state index is 11.5. The molecule has 134 valence electrons. The molecule has 0 unspecified atom stereocenters. The van der Waals surface area contributed by atoms with E-state index in [1.807, 2.05) is 61.1 Å². The lowest BCUT2D eigenvalue weighted by Gasteiger charge is -2.06. The second-order valence-electron chi connectivity index (χ2n) is 6.30. The topological polar surface area (TPSA) is 91.6 Å². The van der Waals surface area contributed by atoms with Gasteiger partial charge in [0.1, 0.15) is 5.69 Å². The van der Waals surface area contributed by atoms with Crippen LogP contribution in [-0.2, 0) is 0 Å². The Hall–Kier alpha value is -3.74. The first kappa shape index (κ1) is 16.7. The molecule has 27 heavy (non-hydrogen) atoms. The van der Waals surface area contributed by atoms with E-state index in [0.29, 0.717) is 11.3 Å². The van der Waals surface area contributed by atoms with Crippen molar-refractivity contribution in [3.05, 3.63) is 77.7 Å². The summed E-state index contributed by atoms with van der Waals surface area (Å²) in [5, 5.41) is 13.0. The normalized spacial score (nSPS) is 10.9. The van der Waals surface area contributed by atoms with Crippen molar-refractivity contribution in [1.29, 1.82) is 0 Å². The van der Waals surface area contributed by atoms with Crippen LogP contribution in [-0.4, -0.2) is 30.7 Å². The van der Waals surface area contributed by atoms with Crippen LogP contribution in [0.15, 0.2) is 60.9 Å². The predicted octanol–water partition coefficient (Wildman–Crippen LogP) is 2.84. The smallest absolute Gasteiger partial charge is 0.248 e. The fourth-order valence-corrected chi connectivity index (χ4v) is 3.01. The maximum Gasteiger partial charge on any atom is 0.248 e. The number of hydrogen-bond donors (Lipinski definition) is 1. The van der Waals surface area contributed by atoms with Crippen molar-refractivity contribution >= 4 is 5.91 Å². The summed E-state index contributed by atoms with van der Waals surface area (Å²) in [6, 6.07) is 15.2. The Morgan fingerprint density at radius 3 is 2.59 bits per heavy atom. The van der Waals surface area contributed by atoms with Gasteiger partial charge in [0.15, 0.2) is 0 Å². The highest BCUT2D eigenvalue weighted by molar-refractivity contribution is 5.93. The number of nitrogens with two attached hydrogens (primary N) is 1. The van der Waals surface area contributed by atoms with E-state index in [4.69, 9.17) is 5.73 Å². The van der Waals surface area contributed by atoms with Crippen LogP contribution in [0.25, 0.3) is 22.6 Å². The molecule has 0 aliphatic carbocycles. The number of para-hydroxylation sites is 1. The standard InChI is InChI=1S/C20H18N6O/c1-13-8-9-15(20(21)27)10-19(13)25-12-18(23-24-25)17-11-22-26(14(17)2)16-6-4-3-5-7-16/h3-12H,1-2H3,(H2,21,27). The average molecular weight is 358 g/mol. The van der Waals surface area contributed by atoms with Crippen LogP contribution in [0.5, 0.6) is 0 Å².